The van der Waals surface area contributed by atoms with Gasteiger partial charge < -0.3 is 10.5 Å². The lowest BCUT2D eigenvalue weighted by Crippen LogP contribution is -2.38. The van der Waals surface area contributed by atoms with E-state index in [1.54, 1.807) is 6.92 Å². The molecule has 1 saturated heterocycles. The number of nitriles is 1. The van der Waals surface area contributed by atoms with Gasteiger partial charge >= 0.3 is 5.97 Å². The predicted molar refractivity (Wildman–Crippen MR) is 93.9 cm³/mol. The second-order valence-corrected chi connectivity index (χ2v) is 7.36. The Morgan fingerprint density at radius 2 is 2.19 bits per heavy atom. The van der Waals surface area contributed by atoms with Crippen molar-refractivity contribution in [3.63, 3.8) is 0 Å². The number of ether oxygens (including phenoxy) is 1. The maximum atomic E-state index is 14.6. The van der Waals surface area contributed by atoms with E-state index in [0.29, 0.717) is 0 Å². The number of carbonyl (C=O) groups excluding carboxylic acids is 2. The van der Waals surface area contributed by atoms with Crippen molar-refractivity contribution in [3.8, 4) is 6.07 Å². The number of hydrogen-bond acceptors (Lipinski definition) is 6. The minimum absolute atomic E-state index is 0.0343. The SMILES string of the molecule is COC(=O)C1=C2S[C@H](C)C(=O)N2C(N)=C(C#N)[C@H]1c1c(F)cccc1Cl. The van der Waals surface area contributed by atoms with Crippen molar-refractivity contribution in [2.75, 3.05) is 7.11 Å². The van der Waals surface area contributed by atoms with Gasteiger partial charge in [0.05, 0.1) is 40.5 Å². The number of nitrogens with two attached hydrogens (primary N) is 1. The molecule has 134 valence electrons. The van der Waals surface area contributed by atoms with Gasteiger partial charge in [-0.15, -0.1) is 0 Å². The molecule has 2 N–H and O–H groups in total. The standard InChI is InChI=1S/C17H13ClFN3O3S/c1-7-15(23)22-14(21)8(6-20)11(12-9(18)4-3-5-10(12)19)13(16(22)26-7)17(24)25-2/h3-5,7,11H,21H2,1-2H3/t7-,11+/m1/s1. The summed E-state index contributed by atoms with van der Waals surface area (Å²) in [5.74, 6) is -3.15. The van der Waals surface area contributed by atoms with Crippen LogP contribution in [0.4, 0.5) is 4.39 Å². The van der Waals surface area contributed by atoms with Crippen LogP contribution in [-0.4, -0.2) is 29.1 Å². The quantitative estimate of drug-likeness (QED) is 0.776. The highest BCUT2D eigenvalue weighted by Gasteiger charge is 2.48. The Hall–Kier alpha value is -2.50. The number of hydrogen-bond donors (Lipinski definition) is 1. The summed E-state index contributed by atoms with van der Waals surface area (Å²) in [4.78, 5) is 26.1. The van der Waals surface area contributed by atoms with Crippen molar-refractivity contribution in [1.29, 1.82) is 5.26 Å². The zero-order valence-electron chi connectivity index (χ0n) is 13.7. The van der Waals surface area contributed by atoms with Gasteiger partial charge in [0.1, 0.15) is 11.6 Å². The first-order valence-electron chi connectivity index (χ1n) is 7.50. The smallest absolute Gasteiger partial charge is 0.337 e. The van der Waals surface area contributed by atoms with E-state index in [-0.39, 0.29) is 38.5 Å². The van der Waals surface area contributed by atoms with Crippen molar-refractivity contribution in [1.82, 2.24) is 4.90 Å². The number of esters is 1. The summed E-state index contributed by atoms with van der Waals surface area (Å²) in [6.07, 6.45) is 0. The molecule has 0 unspecified atom stereocenters. The molecule has 3 rings (SSSR count). The molecule has 0 spiro atoms. The molecule has 2 atom stereocenters. The van der Waals surface area contributed by atoms with E-state index in [9.17, 15) is 19.2 Å². The van der Waals surface area contributed by atoms with Gasteiger partial charge in [0.25, 0.3) is 0 Å². The molecule has 0 bridgehead atoms. The van der Waals surface area contributed by atoms with Crippen molar-refractivity contribution < 1.29 is 18.7 Å². The Morgan fingerprint density at radius 3 is 2.77 bits per heavy atom. The summed E-state index contributed by atoms with van der Waals surface area (Å²) in [5.41, 5.74) is 5.83. The van der Waals surface area contributed by atoms with Gasteiger partial charge in [-0.3, -0.25) is 9.69 Å². The summed E-state index contributed by atoms with van der Waals surface area (Å²) >= 11 is 7.27. The lowest BCUT2D eigenvalue weighted by Gasteiger charge is -2.31. The molecule has 2 aliphatic rings. The van der Waals surface area contributed by atoms with Crippen molar-refractivity contribution in [2.24, 2.45) is 5.73 Å². The van der Waals surface area contributed by atoms with Crippen LogP contribution in [0.3, 0.4) is 0 Å². The molecule has 26 heavy (non-hydrogen) atoms. The van der Waals surface area contributed by atoms with E-state index in [1.165, 1.54) is 25.3 Å². The molecule has 9 heteroatoms. The topological polar surface area (TPSA) is 96.4 Å². The summed E-state index contributed by atoms with van der Waals surface area (Å²) in [5, 5.41) is 9.40. The summed E-state index contributed by atoms with van der Waals surface area (Å²) in [6.45, 7) is 1.65. The van der Waals surface area contributed by atoms with E-state index < -0.39 is 23.0 Å². The molecule has 2 aliphatic heterocycles. The van der Waals surface area contributed by atoms with Gasteiger partial charge in [0.15, 0.2) is 0 Å². The van der Waals surface area contributed by atoms with Crippen LogP contribution in [-0.2, 0) is 14.3 Å². The fourth-order valence-electron chi connectivity index (χ4n) is 3.01. The molecule has 0 aliphatic carbocycles. The maximum Gasteiger partial charge on any atom is 0.337 e. The van der Waals surface area contributed by atoms with Crippen LogP contribution in [0.25, 0.3) is 0 Å². The minimum Gasteiger partial charge on any atom is -0.466 e. The van der Waals surface area contributed by atoms with Crippen LogP contribution in [0.2, 0.25) is 5.02 Å². The third-order valence-corrected chi connectivity index (χ3v) is 5.71. The van der Waals surface area contributed by atoms with Gasteiger partial charge in [-0.1, -0.05) is 29.4 Å². The zero-order valence-corrected chi connectivity index (χ0v) is 15.3. The van der Waals surface area contributed by atoms with Crippen molar-refractivity contribution in [3.05, 3.63) is 56.6 Å². The largest absolute Gasteiger partial charge is 0.466 e. The van der Waals surface area contributed by atoms with Gasteiger partial charge in [-0.25, -0.2) is 9.18 Å². The molecule has 6 nitrogen and oxygen atoms in total. The Morgan fingerprint density at radius 1 is 1.50 bits per heavy atom. The van der Waals surface area contributed by atoms with Gasteiger partial charge in [0.2, 0.25) is 5.91 Å². The number of rotatable bonds is 2. The van der Waals surface area contributed by atoms with Gasteiger partial charge in [-0.05, 0) is 19.1 Å². The van der Waals surface area contributed by atoms with Crippen LogP contribution in [0.15, 0.2) is 40.2 Å². The average molecular weight is 394 g/mol. The maximum absolute atomic E-state index is 14.6. The number of allylic oxidation sites excluding steroid dienone is 1. The number of methoxy groups -OCH3 is 1. The summed E-state index contributed by atoms with van der Waals surface area (Å²) < 4.78 is 19.4. The van der Waals surface area contributed by atoms with Crippen LogP contribution in [0.1, 0.15) is 18.4 Å². The molecule has 1 amide bonds. The molecule has 1 fully saturated rings. The lowest BCUT2D eigenvalue weighted by molar-refractivity contribution is -0.136. The van der Waals surface area contributed by atoms with Crippen molar-refractivity contribution >= 4 is 35.2 Å². The highest BCUT2D eigenvalue weighted by atomic mass is 35.5. The highest BCUT2D eigenvalue weighted by molar-refractivity contribution is 8.04. The normalized spacial score (nSPS) is 22.4. The number of benzene rings is 1. The molecule has 0 aromatic heterocycles. The molecule has 0 saturated carbocycles. The Labute approximate surface area is 158 Å². The third-order valence-electron chi connectivity index (χ3n) is 4.20. The fourth-order valence-corrected chi connectivity index (χ4v) is 4.45. The zero-order chi connectivity index (χ0) is 19.2. The van der Waals surface area contributed by atoms with Crippen molar-refractivity contribution in [2.45, 2.75) is 18.1 Å². The molecule has 0 radical (unpaired) electrons. The van der Waals surface area contributed by atoms with Gasteiger partial charge in [0, 0.05) is 10.6 Å². The number of amides is 1. The Kier molecular flexibility index (Phi) is 4.69. The summed E-state index contributed by atoms with van der Waals surface area (Å²) in [6, 6.07) is 5.94. The van der Waals surface area contributed by atoms with E-state index in [2.05, 4.69) is 0 Å². The number of carbonyl (C=O) groups is 2. The van der Waals surface area contributed by atoms with Gasteiger partial charge in [-0.2, -0.15) is 5.26 Å². The van der Waals surface area contributed by atoms with E-state index in [0.717, 1.165) is 16.7 Å². The molecule has 1 aromatic carbocycles. The lowest BCUT2D eigenvalue weighted by atomic mass is 9.82. The number of nitrogens with zero attached hydrogens (tertiary/aromatic N) is 2. The monoisotopic (exact) mass is 393 g/mol. The number of fused-ring (bicyclic) bond motifs is 1. The predicted octanol–water partition coefficient (Wildman–Crippen LogP) is 2.62. The third kappa shape index (κ3) is 2.55. The van der Waals surface area contributed by atoms with Crippen LogP contribution < -0.4 is 5.73 Å². The highest BCUT2D eigenvalue weighted by Crippen LogP contribution is 2.50. The minimum atomic E-state index is -1.17. The average Bonchev–Trinajstić information content (AvgIpc) is 2.89. The number of thioether (sulfide) groups is 1. The first-order valence-corrected chi connectivity index (χ1v) is 8.76. The molecule has 1 aromatic rings. The van der Waals surface area contributed by atoms with Crippen LogP contribution in [0, 0.1) is 17.1 Å². The fraction of sp³-hybridized carbons (Fsp3) is 0.235. The summed E-state index contributed by atoms with van der Waals surface area (Å²) in [7, 11) is 1.17. The second kappa shape index (κ2) is 6.67. The van der Waals surface area contributed by atoms with Crippen LogP contribution in [0.5, 0.6) is 0 Å². The molecular formula is C17H13ClFN3O3S. The van der Waals surface area contributed by atoms with E-state index >= 15 is 0 Å². The Bertz CT molecular complexity index is 917. The molecular weight excluding hydrogens is 381 g/mol. The Balaban J connectivity index is 2.37. The van der Waals surface area contributed by atoms with Crippen LogP contribution >= 0.6 is 23.4 Å². The molecule has 2 heterocycles. The van der Waals surface area contributed by atoms with E-state index in [4.69, 9.17) is 22.1 Å². The second-order valence-electron chi connectivity index (χ2n) is 5.62. The van der Waals surface area contributed by atoms with E-state index in [1.807, 2.05) is 6.07 Å². The first-order chi connectivity index (χ1) is 12.3. The number of halogens is 2. The first kappa shape index (κ1) is 18.3.